The van der Waals surface area contributed by atoms with Crippen molar-refractivity contribution in [3.8, 4) is 0 Å². The van der Waals surface area contributed by atoms with Gasteiger partial charge in [0.25, 0.3) is 0 Å². The van der Waals surface area contributed by atoms with Crippen LogP contribution in [0.4, 0.5) is 4.39 Å². The highest BCUT2D eigenvalue weighted by atomic mass is 32.2. The van der Waals surface area contributed by atoms with Crippen molar-refractivity contribution < 1.29 is 17.6 Å². The van der Waals surface area contributed by atoms with Crippen molar-refractivity contribution in [1.82, 2.24) is 14.5 Å². The SMILES string of the molecule is Cc1ccc(S(=O)(=O)N2CCCN(CC(=O)NCc3ccc(C)c(F)c3)CC2)cc1. The molecule has 2 aromatic carbocycles. The van der Waals surface area contributed by atoms with Crippen molar-refractivity contribution in [3.05, 3.63) is 65.0 Å². The van der Waals surface area contributed by atoms with E-state index in [9.17, 15) is 17.6 Å². The molecule has 1 N–H and O–H groups in total. The zero-order valence-corrected chi connectivity index (χ0v) is 18.2. The Morgan fingerprint density at radius 3 is 2.47 bits per heavy atom. The molecule has 2 aromatic rings. The minimum Gasteiger partial charge on any atom is -0.351 e. The predicted molar refractivity (Wildman–Crippen MR) is 114 cm³/mol. The van der Waals surface area contributed by atoms with Crippen LogP contribution in [0.15, 0.2) is 47.4 Å². The number of rotatable bonds is 6. The molecule has 0 atom stereocenters. The smallest absolute Gasteiger partial charge is 0.243 e. The highest BCUT2D eigenvalue weighted by Gasteiger charge is 2.27. The van der Waals surface area contributed by atoms with E-state index < -0.39 is 10.0 Å². The third-order valence-corrected chi connectivity index (χ3v) is 7.21. The molecule has 0 spiro atoms. The first-order valence-corrected chi connectivity index (χ1v) is 11.5. The summed E-state index contributed by atoms with van der Waals surface area (Å²) in [5.41, 5.74) is 2.29. The Labute approximate surface area is 177 Å². The minimum atomic E-state index is -3.54. The normalized spacial score (nSPS) is 16.2. The van der Waals surface area contributed by atoms with Gasteiger partial charge in [0.15, 0.2) is 0 Å². The molecule has 1 amide bonds. The summed E-state index contributed by atoms with van der Waals surface area (Å²) >= 11 is 0. The summed E-state index contributed by atoms with van der Waals surface area (Å²) < 4.78 is 40.9. The second-order valence-electron chi connectivity index (χ2n) is 7.71. The minimum absolute atomic E-state index is 0.161. The number of sulfonamides is 1. The van der Waals surface area contributed by atoms with Gasteiger partial charge in [0, 0.05) is 26.2 Å². The third kappa shape index (κ3) is 5.65. The molecular weight excluding hydrogens is 405 g/mol. The van der Waals surface area contributed by atoms with Gasteiger partial charge >= 0.3 is 0 Å². The van der Waals surface area contributed by atoms with Crippen molar-refractivity contribution in [1.29, 1.82) is 0 Å². The van der Waals surface area contributed by atoms with Crippen molar-refractivity contribution in [2.45, 2.75) is 31.7 Å². The Bertz CT molecular complexity index is 993. The molecule has 6 nitrogen and oxygen atoms in total. The number of nitrogens with zero attached hydrogens (tertiary/aromatic N) is 2. The highest BCUT2D eigenvalue weighted by Crippen LogP contribution is 2.18. The summed E-state index contributed by atoms with van der Waals surface area (Å²) in [6.07, 6.45) is 0.654. The lowest BCUT2D eigenvalue weighted by molar-refractivity contribution is -0.122. The van der Waals surface area contributed by atoms with Crippen LogP contribution in [0.5, 0.6) is 0 Å². The first kappa shape index (κ1) is 22.4. The number of hydrogen-bond donors (Lipinski definition) is 1. The van der Waals surface area contributed by atoms with E-state index >= 15 is 0 Å². The average molecular weight is 434 g/mol. The number of amides is 1. The fourth-order valence-corrected chi connectivity index (χ4v) is 4.88. The largest absolute Gasteiger partial charge is 0.351 e. The molecule has 1 aliphatic heterocycles. The number of halogens is 1. The van der Waals surface area contributed by atoms with Crippen molar-refractivity contribution in [2.24, 2.45) is 0 Å². The summed E-state index contributed by atoms with van der Waals surface area (Å²) in [5.74, 6) is -0.449. The van der Waals surface area contributed by atoms with E-state index in [1.807, 2.05) is 11.8 Å². The van der Waals surface area contributed by atoms with Crippen molar-refractivity contribution in [3.63, 3.8) is 0 Å². The molecule has 3 rings (SSSR count). The maximum atomic E-state index is 13.6. The maximum Gasteiger partial charge on any atom is 0.243 e. The fraction of sp³-hybridized carbons (Fsp3) is 0.409. The molecule has 1 saturated heterocycles. The van der Waals surface area contributed by atoms with E-state index in [1.165, 1.54) is 10.4 Å². The second kappa shape index (κ2) is 9.68. The second-order valence-corrected chi connectivity index (χ2v) is 9.65. The molecule has 0 aromatic heterocycles. The van der Waals surface area contributed by atoms with E-state index in [4.69, 9.17) is 0 Å². The average Bonchev–Trinajstić information content (AvgIpc) is 2.95. The maximum absolute atomic E-state index is 13.6. The Kier molecular flexibility index (Phi) is 7.23. The third-order valence-electron chi connectivity index (χ3n) is 5.30. The van der Waals surface area contributed by atoms with Crippen molar-refractivity contribution >= 4 is 15.9 Å². The molecule has 1 aliphatic rings. The molecule has 0 unspecified atom stereocenters. The van der Waals surface area contributed by atoms with Gasteiger partial charge in [0.1, 0.15) is 5.82 Å². The molecule has 0 radical (unpaired) electrons. The molecule has 162 valence electrons. The monoisotopic (exact) mass is 433 g/mol. The summed E-state index contributed by atoms with van der Waals surface area (Å²) in [7, 11) is -3.54. The number of aryl methyl sites for hydroxylation is 2. The summed E-state index contributed by atoms with van der Waals surface area (Å²) in [6, 6.07) is 11.8. The Morgan fingerprint density at radius 2 is 1.77 bits per heavy atom. The van der Waals surface area contributed by atoms with Gasteiger partial charge in [0.2, 0.25) is 15.9 Å². The quantitative estimate of drug-likeness (QED) is 0.760. The zero-order chi connectivity index (χ0) is 21.7. The van der Waals surface area contributed by atoms with E-state index in [0.717, 1.165) is 5.56 Å². The molecule has 0 aliphatic carbocycles. The first-order chi connectivity index (χ1) is 14.3. The number of carbonyl (C=O) groups excluding carboxylic acids is 1. The van der Waals surface area contributed by atoms with Crippen LogP contribution in [-0.4, -0.2) is 56.3 Å². The summed E-state index contributed by atoms with van der Waals surface area (Å²) in [6.45, 7) is 5.96. The number of benzene rings is 2. The highest BCUT2D eigenvalue weighted by molar-refractivity contribution is 7.89. The van der Waals surface area contributed by atoms with Crippen LogP contribution in [-0.2, 0) is 21.4 Å². The van der Waals surface area contributed by atoms with Gasteiger partial charge in [0.05, 0.1) is 11.4 Å². The standard InChI is InChI=1S/C22H28FN3O3S/c1-17-4-8-20(9-5-17)30(28,29)26-11-3-10-25(12-13-26)16-22(27)24-15-19-7-6-18(2)21(23)14-19/h4-9,14H,3,10-13,15-16H2,1-2H3,(H,24,27). The molecule has 0 saturated carbocycles. The lowest BCUT2D eigenvalue weighted by atomic mass is 10.1. The molecule has 8 heteroatoms. The summed E-state index contributed by atoms with van der Waals surface area (Å²) in [4.78, 5) is 14.6. The van der Waals surface area contributed by atoms with Gasteiger partial charge in [-0.1, -0.05) is 29.8 Å². The first-order valence-electron chi connectivity index (χ1n) is 10.1. The summed E-state index contributed by atoms with van der Waals surface area (Å²) in [5, 5.41) is 2.81. The van der Waals surface area contributed by atoms with Gasteiger partial charge in [-0.3, -0.25) is 9.69 Å². The van der Waals surface area contributed by atoms with E-state index in [-0.39, 0.29) is 24.8 Å². The van der Waals surface area contributed by atoms with Crippen LogP contribution in [0.3, 0.4) is 0 Å². The van der Waals surface area contributed by atoms with Crippen LogP contribution in [0, 0.1) is 19.7 Å². The van der Waals surface area contributed by atoms with Crippen LogP contribution in [0.2, 0.25) is 0 Å². The topological polar surface area (TPSA) is 69.7 Å². The zero-order valence-electron chi connectivity index (χ0n) is 17.4. The lowest BCUT2D eigenvalue weighted by Gasteiger charge is -2.21. The molecule has 0 bridgehead atoms. The Hall–Kier alpha value is -2.29. The predicted octanol–water partition coefficient (Wildman–Crippen LogP) is 2.46. The fourth-order valence-electron chi connectivity index (χ4n) is 3.41. The van der Waals surface area contributed by atoms with Gasteiger partial charge in [-0.15, -0.1) is 0 Å². The van der Waals surface area contributed by atoms with Crippen LogP contribution in [0.25, 0.3) is 0 Å². The number of hydrogen-bond acceptors (Lipinski definition) is 4. The van der Waals surface area contributed by atoms with Crippen LogP contribution < -0.4 is 5.32 Å². The molecule has 1 fully saturated rings. The van der Waals surface area contributed by atoms with Gasteiger partial charge in [-0.25, -0.2) is 12.8 Å². The molecule has 1 heterocycles. The van der Waals surface area contributed by atoms with Gasteiger partial charge in [-0.05, 0) is 56.1 Å². The van der Waals surface area contributed by atoms with E-state index in [2.05, 4.69) is 5.32 Å². The number of nitrogens with one attached hydrogen (secondary N) is 1. The van der Waals surface area contributed by atoms with Gasteiger partial charge < -0.3 is 5.32 Å². The Morgan fingerprint density at radius 1 is 1.03 bits per heavy atom. The van der Waals surface area contributed by atoms with Crippen LogP contribution >= 0.6 is 0 Å². The van der Waals surface area contributed by atoms with Gasteiger partial charge in [-0.2, -0.15) is 4.31 Å². The molecular formula is C22H28FN3O3S. The van der Waals surface area contributed by atoms with Crippen molar-refractivity contribution in [2.75, 3.05) is 32.7 Å². The van der Waals surface area contributed by atoms with Crippen LogP contribution in [0.1, 0.15) is 23.1 Å². The van der Waals surface area contributed by atoms with E-state index in [1.54, 1.807) is 43.3 Å². The Balaban J connectivity index is 1.52. The molecule has 30 heavy (non-hydrogen) atoms. The van der Waals surface area contributed by atoms with E-state index in [0.29, 0.717) is 48.6 Å². The lowest BCUT2D eigenvalue weighted by Crippen LogP contribution is -2.39. The number of carbonyl (C=O) groups is 1.